The van der Waals surface area contributed by atoms with Crippen molar-refractivity contribution in [1.29, 1.82) is 0 Å². The van der Waals surface area contributed by atoms with E-state index in [-0.39, 0.29) is 5.92 Å². The van der Waals surface area contributed by atoms with Crippen molar-refractivity contribution in [1.82, 2.24) is 0 Å². The molecule has 0 heterocycles. The van der Waals surface area contributed by atoms with E-state index in [1.165, 1.54) is 68.9 Å². The fourth-order valence-corrected chi connectivity index (χ4v) is 4.22. The summed E-state index contributed by atoms with van der Waals surface area (Å²) in [4.78, 5) is 0. The largest absolute Gasteiger partial charge is 0.266 e. The average molecular weight is 363 g/mol. The molecule has 2 rings (SSSR count). The van der Waals surface area contributed by atoms with Crippen LogP contribution in [-0.4, -0.2) is 0 Å². The monoisotopic (exact) mass is 362 g/mol. The molecule has 2 heteroatoms. The van der Waals surface area contributed by atoms with Gasteiger partial charge in [0.05, 0.1) is 0 Å². The smallest absolute Gasteiger partial charge is 0.174 e. The van der Waals surface area contributed by atoms with Crippen LogP contribution in [0.1, 0.15) is 101 Å². The first kappa shape index (κ1) is 21.1. The summed E-state index contributed by atoms with van der Waals surface area (Å²) in [5.41, 5.74) is 2.84. The molecule has 1 aromatic carbocycles. The summed E-state index contributed by atoms with van der Waals surface area (Å²) in [7, 11) is 0. The molecule has 1 aliphatic rings. The summed E-state index contributed by atoms with van der Waals surface area (Å²) in [5, 5.41) is 0. The quantitative estimate of drug-likeness (QED) is 0.346. The van der Waals surface area contributed by atoms with Crippen LogP contribution in [0.4, 0.5) is 8.78 Å². The summed E-state index contributed by atoms with van der Waals surface area (Å²) >= 11 is 0. The second-order valence-corrected chi connectivity index (χ2v) is 8.03. The lowest BCUT2D eigenvalue weighted by molar-refractivity contribution is 0.351. The van der Waals surface area contributed by atoms with Gasteiger partial charge in [0.1, 0.15) is 0 Å². The molecular formula is C24H36F2. The molecule has 0 spiro atoms. The van der Waals surface area contributed by atoms with Crippen LogP contribution in [0.2, 0.25) is 0 Å². The number of benzene rings is 1. The van der Waals surface area contributed by atoms with E-state index in [2.05, 4.69) is 31.2 Å². The lowest BCUT2D eigenvalue weighted by atomic mass is 9.78. The highest BCUT2D eigenvalue weighted by molar-refractivity contribution is 5.26. The molecule has 0 atom stereocenters. The molecule has 0 radical (unpaired) electrons. The molecule has 0 amide bonds. The minimum absolute atomic E-state index is 0.0810. The second-order valence-electron chi connectivity index (χ2n) is 8.03. The molecule has 1 aliphatic carbocycles. The first-order valence-corrected chi connectivity index (χ1v) is 10.8. The van der Waals surface area contributed by atoms with Gasteiger partial charge in [-0.2, -0.15) is 8.78 Å². The molecule has 0 saturated heterocycles. The lowest BCUT2D eigenvalue weighted by Crippen LogP contribution is -2.11. The minimum Gasteiger partial charge on any atom is -0.174 e. The highest BCUT2D eigenvalue weighted by atomic mass is 19.3. The Morgan fingerprint density at radius 3 is 2.00 bits per heavy atom. The van der Waals surface area contributed by atoms with E-state index in [1.54, 1.807) is 0 Å². The molecule has 1 fully saturated rings. The first-order chi connectivity index (χ1) is 12.7. The number of allylic oxidation sites excluding steroid dienone is 1. The van der Waals surface area contributed by atoms with Crippen LogP contribution in [0, 0.1) is 5.92 Å². The van der Waals surface area contributed by atoms with Gasteiger partial charge in [-0.3, -0.25) is 0 Å². The van der Waals surface area contributed by atoms with Gasteiger partial charge in [-0.15, -0.1) is 0 Å². The molecular weight excluding hydrogens is 326 g/mol. The molecule has 0 bridgehead atoms. The third-order valence-corrected chi connectivity index (χ3v) is 5.90. The standard InChI is InChI=1S/C24H36F2/c1-2-3-4-5-6-7-8-9-10-20-11-15-22(16-12-20)23-17-13-21(14-18-23)19-24(25)26/h11-12,15-16,19,21,23H,2-10,13-14,17-18H2,1H3/t21-,23-. The maximum Gasteiger partial charge on any atom is 0.266 e. The predicted octanol–water partition coefficient (Wildman–Crippen LogP) is 8.42. The van der Waals surface area contributed by atoms with E-state index in [0.717, 1.165) is 31.8 Å². The van der Waals surface area contributed by atoms with Crippen LogP contribution in [0.3, 0.4) is 0 Å². The number of hydrogen-bond acceptors (Lipinski definition) is 0. The maximum absolute atomic E-state index is 12.4. The van der Waals surface area contributed by atoms with E-state index >= 15 is 0 Å². The van der Waals surface area contributed by atoms with Gasteiger partial charge in [0.15, 0.2) is 0 Å². The molecule has 0 N–H and O–H groups in total. The highest BCUT2D eigenvalue weighted by Gasteiger charge is 2.21. The summed E-state index contributed by atoms with van der Waals surface area (Å²) in [6, 6.07) is 9.11. The molecule has 0 aliphatic heterocycles. The van der Waals surface area contributed by atoms with Gasteiger partial charge < -0.3 is 0 Å². The number of halogens is 2. The van der Waals surface area contributed by atoms with Gasteiger partial charge in [0.2, 0.25) is 0 Å². The van der Waals surface area contributed by atoms with Gasteiger partial charge in [-0.1, -0.05) is 76.1 Å². The van der Waals surface area contributed by atoms with Crippen molar-refractivity contribution in [2.75, 3.05) is 0 Å². The Labute approximate surface area is 159 Å². The molecule has 146 valence electrons. The number of rotatable bonds is 11. The van der Waals surface area contributed by atoms with Crippen LogP contribution in [0.25, 0.3) is 0 Å². The third kappa shape index (κ3) is 8.01. The number of unbranched alkanes of at least 4 members (excludes halogenated alkanes) is 7. The molecule has 1 aromatic rings. The Hall–Kier alpha value is -1.18. The lowest BCUT2D eigenvalue weighted by Gasteiger charge is -2.27. The number of aryl methyl sites for hydroxylation is 1. The Bertz CT molecular complexity index is 506. The Morgan fingerprint density at radius 1 is 0.846 bits per heavy atom. The molecule has 1 saturated carbocycles. The van der Waals surface area contributed by atoms with E-state index in [4.69, 9.17) is 0 Å². The van der Waals surface area contributed by atoms with Crippen LogP contribution in [0.15, 0.2) is 36.4 Å². The Morgan fingerprint density at radius 2 is 1.42 bits per heavy atom. The van der Waals surface area contributed by atoms with Crippen LogP contribution >= 0.6 is 0 Å². The van der Waals surface area contributed by atoms with Gasteiger partial charge in [-0.25, -0.2) is 0 Å². The summed E-state index contributed by atoms with van der Waals surface area (Å²) in [6.07, 6.45) is 15.6. The minimum atomic E-state index is -1.52. The Kier molecular flexibility index (Phi) is 9.95. The van der Waals surface area contributed by atoms with Crippen LogP contribution in [0.5, 0.6) is 0 Å². The van der Waals surface area contributed by atoms with E-state index in [0.29, 0.717) is 5.92 Å². The van der Waals surface area contributed by atoms with Crippen molar-refractivity contribution < 1.29 is 8.78 Å². The molecule has 26 heavy (non-hydrogen) atoms. The SMILES string of the molecule is CCCCCCCCCCc1ccc([C@H]2CC[C@H](C=C(F)F)CC2)cc1. The van der Waals surface area contributed by atoms with Crippen molar-refractivity contribution in [3.05, 3.63) is 47.5 Å². The van der Waals surface area contributed by atoms with E-state index < -0.39 is 6.08 Å². The van der Waals surface area contributed by atoms with Crippen LogP contribution < -0.4 is 0 Å². The molecule has 0 aromatic heterocycles. The van der Waals surface area contributed by atoms with Gasteiger partial charge in [0, 0.05) is 0 Å². The zero-order chi connectivity index (χ0) is 18.6. The summed E-state index contributed by atoms with van der Waals surface area (Å²) < 4.78 is 24.7. The third-order valence-electron chi connectivity index (χ3n) is 5.90. The summed E-state index contributed by atoms with van der Waals surface area (Å²) in [6.45, 7) is 2.27. The topological polar surface area (TPSA) is 0 Å². The van der Waals surface area contributed by atoms with Crippen molar-refractivity contribution in [2.45, 2.75) is 96.3 Å². The highest BCUT2D eigenvalue weighted by Crippen LogP contribution is 2.36. The molecule has 0 unspecified atom stereocenters. The van der Waals surface area contributed by atoms with Gasteiger partial charge in [-0.05, 0) is 67.6 Å². The van der Waals surface area contributed by atoms with Crippen molar-refractivity contribution in [3.63, 3.8) is 0 Å². The first-order valence-electron chi connectivity index (χ1n) is 10.8. The van der Waals surface area contributed by atoms with Crippen molar-refractivity contribution in [2.24, 2.45) is 5.92 Å². The van der Waals surface area contributed by atoms with E-state index in [1.807, 2.05) is 0 Å². The normalized spacial score (nSPS) is 20.1. The van der Waals surface area contributed by atoms with Gasteiger partial charge >= 0.3 is 0 Å². The van der Waals surface area contributed by atoms with E-state index in [9.17, 15) is 8.78 Å². The molecule has 0 nitrogen and oxygen atoms in total. The fourth-order valence-electron chi connectivity index (χ4n) is 4.22. The average Bonchev–Trinajstić information content (AvgIpc) is 2.65. The zero-order valence-electron chi connectivity index (χ0n) is 16.5. The Balaban J connectivity index is 1.63. The second kappa shape index (κ2) is 12.3. The van der Waals surface area contributed by atoms with Gasteiger partial charge in [0.25, 0.3) is 6.08 Å². The van der Waals surface area contributed by atoms with Crippen molar-refractivity contribution in [3.8, 4) is 0 Å². The van der Waals surface area contributed by atoms with Crippen LogP contribution in [-0.2, 0) is 6.42 Å². The summed E-state index contributed by atoms with van der Waals surface area (Å²) in [5.74, 6) is 0.636. The maximum atomic E-state index is 12.4. The fraction of sp³-hybridized carbons (Fsp3) is 0.667. The zero-order valence-corrected chi connectivity index (χ0v) is 16.5. The van der Waals surface area contributed by atoms with Crippen molar-refractivity contribution >= 4 is 0 Å². The predicted molar refractivity (Wildman–Crippen MR) is 108 cm³/mol. The number of hydrogen-bond donors (Lipinski definition) is 0.